The first-order valence-corrected chi connectivity index (χ1v) is 9.56. The second-order valence-electron chi connectivity index (χ2n) is 6.10. The minimum absolute atomic E-state index is 0. The maximum Gasteiger partial charge on any atom is 0.256 e. The highest BCUT2D eigenvalue weighted by Crippen LogP contribution is 2.37. The number of ether oxygens (including phenoxy) is 1. The van der Waals surface area contributed by atoms with Crippen LogP contribution in [0.2, 0.25) is 0 Å². The van der Waals surface area contributed by atoms with Crippen molar-refractivity contribution in [3.63, 3.8) is 0 Å². The number of primary amides is 1. The van der Waals surface area contributed by atoms with Crippen molar-refractivity contribution in [1.82, 2.24) is 4.90 Å². The third kappa shape index (κ3) is 4.61. The van der Waals surface area contributed by atoms with E-state index in [1.807, 2.05) is 6.92 Å². The van der Waals surface area contributed by atoms with E-state index in [2.05, 4.69) is 17.1 Å². The Balaban J connectivity index is 0.00000261. The van der Waals surface area contributed by atoms with Crippen molar-refractivity contribution in [2.24, 2.45) is 5.73 Å². The molecular weight excluding hydrogens is 386 g/mol. The molecule has 2 amide bonds. The van der Waals surface area contributed by atoms with Gasteiger partial charge in [-0.05, 0) is 49.7 Å². The monoisotopic (exact) mass is 409 g/mol. The van der Waals surface area contributed by atoms with Gasteiger partial charge in [-0.25, -0.2) is 0 Å². The molecule has 0 aliphatic carbocycles. The summed E-state index contributed by atoms with van der Waals surface area (Å²) in [5, 5.41) is 3.41. The molecule has 1 aliphatic heterocycles. The number of anilines is 1. The largest absolute Gasteiger partial charge is 0.494 e. The van der Waals surface area contributed by atoms with Gasteiger partial charge in [0.2, 0.25) is 0 Å². The molecule has 6 nitrogen and oxygen atoms in total. The fraction of sp³-hybridized carbons (Fsp3) is 0.368. The Hall–Kier alpha value is -2.09. The predicted molar refractivity (Wildman–Crippen MR) is 110 cm³/mol. The third-order valence-electron chi connectivity index (χ3n) is 4.48. The fourth-order valence-corrected chi connectivity index (χ4v) is 4.41. The van der Waals surface area contributed by atoms with E-state index in [0.29, 0.717) is 28.5 Å². The Kier molecular flexibility index (Phi) is 7.24. The number of hydrogen-bond donors (Lipinski definition) is 2. The number of fused-ring (bicyclic) bond motifs is 1. The Labute approximate surface area is 169 Å². The number of benzene rings is 1. The molecule has 0 saturated carbocycles. The van der Waals surface area contributed by atoms with Crippen LogP contribution in [-0.2, 0) is 13.0 Å². The molecule has 1 aromatic carbocycles. The SMILES string of the molecule is CCOc1ccc(C(=O)Nc2sc3c(c2C(N)=O)CCN(CC)C3)cc1.Cl. The fourth-order valence-electron chi connectivity index (χ4n) is 3.12. The van der Waals surface area contributed by atoms with E-state index in [0.717, 1.165) is 36.5 Å². The molecule has 0 spiro atoms. The maximum absolute atomic E-state index is 12.6. The normalized spacial score (nSPS) is 13.4. The van der Waals surface area contributed by atoms with Crippen LogP contribution in [-0.4, -0.2) is 36.4 Å². The van der Waals surface area contributed by atoms with E-state index < -0.39 is 5.91 Å². The zero-order valence-electron chi connectivity index (χ0n) is 15.4. The highest BCUT2D eigenvalue weighted by Gasteiger charge is 2.27. The number of nitrogens with zero attached hydrogens (tertiary/aromatic N) is 1. The number of nitrogens with two attached hydrogens (primary N) is 1. The number of thiophene rings is 1. The molecule has 3 rings (SSSR count). The first kappa shape index (κ1) is 21.2. The zero-order valence-corrected chi connectivity index (χ0v) is 17.0. The van der Waals surface area contributed by atoms with Crippen LogP contribution in [0.1, 0.15) is 45.0 Å². The quantitative estimate of drug-likeness (QED) is 0.766. The van der Waals surface area contributed by atoms with Crippen LogP contribution in [0.15, 0.2) is 24.3 Å². The Morgan fingerprint density at radius 3 is 2.56 bits per heavy atom. The van der Waals surface area contributed by atoms with Gasteiger partial charge in [-0.15, -0.1) is 23.7 Å². The lowest BCUT2D eigenvalue weighted by Gasteiger charge is -2.25. The summed E-state index contributed by atoms with van der Waals surface area (Å²) in [7, 11) is 0. The molecular formula is C19H24ClN3O3S. The van der Waals surface area contributed by atoms with Gasteiger partial charge >= 0.3 is 0 Å². The number of likely N-dealkylation sites (N-methyl/N-ethyl adjacent to an activating group) is 1. The van der Waals surface area contributed by atoms with Crippen LogP contribution in [0.3, 0.4) is 0 Å². The lowest BCUT2D eigenvalue weighted by atomic mass is 10.0. The summed E-state index contributed by atoms with van der Waals surface area (Å²) in [6, 6.07) is 6.92. The molecule has 1 aliphatic rings. The highest BCUT2D eigenvalue weighted by molar-refractivity contribution is 7.17. The van der Waals surface area contributed by atoms with Crippen LogP contribution in [0, 0.1) is 0 Å². The van der Waals surface area contributed by atoms with Crippen molar-refractivity contribution in [3.05, 3.63) is 45.8 Å². The van der Waals surface area contributed by atoms with E-state index in [-0.39, 0.29) is 18.3 Å². The maximum atomic E-state index is 12.6. The van der Waals surface area contributed by atoms with Crippen LogP contribution < -0.4 is 15.8 Å². The molecule has 2 heterocycles. The van der Waals surface area contributed by atoms with Crippen LogP contribution in [0.4, 0.5) is 5.00 Å². The molecule has 0 unspecified atom stereocenters. The van der Waals surface area contributed by atoms with Gasteiger partial charge in [0.1, 0.15) is 10.8 Å². The predicted octanol–water partition coefficient (Wildman–Crippen LogP) is 3.30. The standard InChI is InChI=1S/C19H23N3O3S.ClH/c1-3-22-10-9-14-15(11-22)26-19(16(14)17(20)23)21-18(24)12-5-7-13(8-6-12)25-4-2;/h5-8H,3-4,9-11H2,1-2H3,(H2,20,23)(H,21,24);1H. The molecule has 0 radical (unpaired) electrons. The summed E-state index contributed by atoms with van der Waals surface area (Å²) in [6.45, 7) is 7.23. The zero-order chi connectivity index (χ0) is 18.7. The van der Waals surface area contributed by atoms with Gasteiger partial charge < -0.3 is 15.8 Å². The molecule has 1 aromatic heterocycles. The molecule has 0 bridgehead atoms. The first-order valence-electron chi connectivity index (χ1n) is 8.74. The molecule has 8 heteroatoms. The molecule has 0 atom stereocenters. The number of hydrogen-bond acceptors (Lipinski definition) is 5. The molecule has 27 heavy (non-hydrogen) atoms. The smallest absolute Gasteiger partial charge is 0.256 e. The second-order valence-corrected chi connectivity index (χ2v) is 7.21. The summed E-state index contributed by atoms with van der Waals surface area (Å²) in [6.07, 6.45) is 0.775. The van der Waals surface area contributed by atoms with Crippen LogP contribution >= 0.6 is 23.7 Å². The summed E-state index contributed by atoms with van der Waals surface area (Å²) in [4.78, 5) is 28.0. The van der Waals surface area contributed by atoms with Gasteiger partial charge in [0.05, 0.1) is 12.2 Å². The van der Waals surface area contributed by atoms with E-state index >= 15 is 0 Å². The summed E-state index contributed by atoms with van der Waals surface area (Å²) in [5.74, 6) is -0.0379. The molecule has 0 fully saturated rings. The summed E-state index contributed by atoms with van der Waals surface area (Å²) < 4.78 is 5.39. The Morgan fingerprint density at radius 1 is 1.26 bits per heavy atom. The molecule has 0 saturated heterocycles. The molecule has 146 valence electrons. The number of amides is 2. The third-order valence-corrected chi connectivity index (χ3v) is 5.62. The summed E-state index contributed by atoms with van der Waals surface area (Å²) in [5.41, 5.74) is 7.55. The van der Waals surface area contributed by atoms with E-state index in [1.54, 1.807) is 24.3 Å². The van der Waals surface area contributed by atoms with Gasteiger partial charge in [0, 0.05) is 23.5 Å². The van der Waals surface area contributed by atoms with Gasteiger partial charge in [-0.1, -0.05) is 6.92 Å². The van der Waals surface area contributed by atoms with Crippen molar-refractivity contribution in [2.45, 2.75) is 26.8 Å². The number of nitrogens with one attached hydrogen (secondary N) is 1. The van der Waals surface area contributed by atoms with E-state index in [4.69, 9.17) is 10.5 Å². The van der Waals surface area contributed by atoms with Gasteiger partial charge in [-0.3, -0.25) is 14.5 Å². The lowest BCUT2D eigenvalue weighted by molar-refractivity contribution is 0.1000. The highest BCUT2D eigenvalue weighted by atomic mass is 35.5. The average Bonchev–Trinajstić information content (AvgIpc) is 2.99. The lowest BCUT2D eigenvalue weighted by Crippen LogP contribution is -2.30. The van der Waals surface area contributed by atoms with Gasteiger partial charge in [0.25, 0.3) is 11.8 Å². The van der Waals surface area contributed by atoms with Crippen LogP contribution in [0.25, 0.3) is 0 Å². The van der Waals surface area contributed by atoms with E-state index in [1.165, 1.54) is 11.3 Å². The molecule has 2 aromatic rings. The van der Waals surface area contributed by atoms with Crippen molar-refractivity contribution in [3.8, 4) is 5.75 Å². The minimum atomic E-state index is -0.491. The van der Waals surface area contributed by atoms with Gasteiger partial charge in [-0.2, -0.15) is 0 Å². The van der Waals surface area contributed by atoms with Crippen molar-refractivity contribution < 1.29 is 14.3 Å². The Bertz CT molecular complexity index is 820. The number of carbonyl (C=O) groups is 2. The van der Waals surface area contributed by atoms with E-state index in [9.17, 15) is 9.59 Å². The van der Waals surface area contributed by atoms with Gasteiger partial charge in [0.15, 0.2) is 0 Å². The number of rotatable bonds is 6. The van der Waals surface area contributed by atoms with Crippen molar-refractivity contribution >= 4 is 40.6 Å². The number of carbonyl (C=O) groups excluding carboxylic acids is 2. The Morgan fingerprint density at radius 2 is 1.96 bits per heavy atom. The second kappa shape index (κ2) is 9.21. The minimum Gasteiger partial charge on any atom is -0.494 e. The first-order chi connectivity index (χ1) is 12.5. The number of halogens is 1. The van der Waals surface area contributed by atoms with Crippen LogP contribution in [0.5, 0.6) is 5.75 Å². The molecule has 3 N–H and O–H groups in total. The summed E-state index contributed by atoms with van der Waals surface area (Å²) >= 11 is 1.44. The van der Waals surface area contributed by atoms with Crippen molar-refractivity contribution in [2.75, 3.05) is 25.0 Å². The van der Waals surface area contributed by atoms with Crippen molar-refractivity contribution in [1.29, 1.82) is 0 Å². The topological polar surface area (TPSA) is 84.7 Å². The average molecular weight is 410 g/mol.